The van der Waals surface area contributed by atoms with Crippen molar-refractivity contribution in [2.24, 2.45) is 0 Å². The number of ether oxygens (including phenoxy) is 2. The Morgan fingerprint density at radius 2 is 0.846 bits per heavy atom. The average Bonchev–Trinajstić information content (AvgIpc) is 3.14. The van der Waals surface area contributed by atoms with Crippen LogP contribution >= 0.6 is 0 Å². The third-order valence-corrected chi connectivity index (χ3v) is 7.52. The van der Waals surface area contributed by atoms with Gasteiger partial charge in [-0.05, 0) is 48.5 Å². The molecule has 14 nitrogen and oxygen atoms in total. The Kier molecular flexibility index (Phi) is 11.1. The minimum atomic E-state index is -0.852. The van der Waals surface area contributed by atoms with Gasteiger partial charge in [-0.1, -0.05) is 36.4 Å². The number of hydrogen-bond acceptors (Lipinski definition) is 10. The van der Waals surface area contributed by atoms with Crippen molar-refractivity contribution in [1.82, 2.24) is 10.6 Å². The molecular weight excluding hydrogens is 668 g/mol. The van der Waals surface area contributed by atoms with E-state index in [9.17, 15) is 28.8 Å². The molecule has 4 aromatic carbocycles. The molecular formula is C38H34N6O8. The molecule has 0 spiro atoms. The fourth-order valence-electron chi connectivity index (χ4n) is 5.13. The van der Waals surface area contributed by atoms with Gasteiger partial charge in [0.1, 0.15) is 34.3 Å². The zero-order valence-corrected chi connectivity index (χ0v) is 28.5. The van der Waals surface area contributed by atoms with E-state index in [-0.39, 0.29) is 46.1 Å². The average molecular weight is 703 g/mol. The molecule has 0 radical (unpaired) electrons. The number of carbonyl (C=O) groups is 6. The minimum Gasteiger partial charge on any atom is -0.494 e. The first kappa shape index (κ1) is 36.1. The predicted octanol–water partition coefficient (Wildman–Crippen LogP) is 4.58. The smallest absolute Gasteiger partial charge is 0.255 e. The van der Waals surface area contributed by atoms with Crippen molar-refractivity contribution in [2.45, 2.75) is 13.8 Å². The first-order valence-corrected chi connectivity index (χ1v) is 15.7. The van der Waals surface area contributed by atoms with E-state index >= 15 is 0 Å². The van der Waals surface area contributed by atoms with Gasteiger partial charge in [-0.15, -0.1) is 0 Å². The summed E-state index contributed by atoms with van der Waals surface area (Å²) >= 11 is 0. The Morgan fingerprint density at radius 3 is 1.17 bits per heavy atom. The standard InChI is InChI=1S/C38H34N6O8/c1-21(45)39-31-33(43-27-17-15-25(19-29(27)51-3)41-37(49)23-11-7-5-8-12-23)36(48)32(40-22(2)46)34(35(31)47)44-28-18-16-26(20-30(28)52-4)42-38(50)24-13-9-6-10-14-24/h5-20,43-44H,1-4H3,(H,39,45)(H,40,46)(H,41,49)(H,42,50). The topological polar surface area (TPSA) is 193 Å². The summed E-state index contributed by atoms with van der Waals surface area (Å²) < 4.78 is 11.0. The molecule has 0 aliphatic heterocycles. The Labute approximate surface area is 298 Å². The lowest BCUT2D eigenvalue weighted by molar-refractivity contribution is -0.122. The lowest BCUT2D eigenvalue weighted by Crippen LogP contribution is -2.42. The molecule has 264 valence electrons. The van der Waals surface area contributed by atoms with E-state index < -0.39 is 34.8 Å². The summed E-state index contributed by atoms with van der Waals surface area (Å²) in [4.78, 5) is 78.4. The molecule has 0 heterocycles. The molecule has 52 heavy (non-hydrogen) atoms. The second-order valence-electron chi connectivity index (χ2n) is 11.2. The largest absolute Gasteiger partial charge is 0.494 e. The van der Waals surface area contributed by atoms with Crippen LogP contribution in [0.25, 0.3) is 0 Å². The summed E-state index contributed by atoms with van der Waals surface area (Å²) in [6.07, 6.45) is 0. The number of rotatable bonds is 12. The van der Waals surface area contributed by atoms with Crippen molar-refractivity contribution in [3.8, 4) is 11.5 Å². The van der Waals surface area contributed by atoms with Crippen LogP contribution in [0, 0.1) is 0 Å². The molecule has 1 aliphatic rings. The molecule has 0 bridgehead atoms. The van der Waals surface area contributed by atoms with Crippen molar-refractivity contribution < 1.29 is 38.2 Å². The first-order valence-electron chi connectivity index (χ1n) is 15.7. The van der Waals surface area contributed by atoms with E-state index in [1.807, 2.05) is 0 Å². The van der Waals surface area contributed by atoms with Gasteiger partial charge in [0.2, 0.25) is 23.4 Å². The van der Waals surface area contributed by atoms with E-state index in [0.717, 1.165) is 0 Å². The van der Waals surface area contributed by atoms with E-state index in [4.69, 9.17) is 9.47 Å². The van der Waals surface area contributed by atoms with Crippen LogP contribution in [0.3, 0.4) is 0 Å². The molecule has 0 saturated carbocycles. The number of nitrogens with one attached hydrogen (secondary N) is 6. The van der Waals surface area contributed by atoms with Gasteiger partial charge >= 0.3 is 0 Å². The van der Waals surface area contributed by atoms with Gasteiger partial charge in [0, 0.05) is 48.5 Å². The molecule has 0 unspecified atom stereocenters. The summed E-state index contributed by atoms with van der Waals surface area (Å²) in [5.41, 5.74) is 0.480. The van der Waals surface area contributed by atoms with E-state index in [1.54, 1.807) is 72.8 Å². The van der Waals surface area contributed by atoms with Gasteiger partial charge in [-0.3, -0.25) is 28.8 Å². The molecule has 14 heteroatoms. The van der Waals surface area contributed by atoms with Crippen LogP contribution in [0.2, 0.25) is 0 Å². The van der Waals surface area contributed by atoms with Gasteiger partial charge in [0.15, 0.2) is 0 Å². The fraction of sp³-hybridized carbons (Fsp3) is 0.105. The van der Waals surface area contributed by atoms with Crippen molar-refractivity contribution in [2.75, 3.05) is 35.5 Å². The van der Waals surface area contributed by atoms with Crippen LogP contribution in [0.5, 0.6) is 11.5 Å². The molecule has 0 fully saturated rings. The van der Waals surface area contributed by atoms with Crippen molar-refractivity contribution in [3.63, 3.8) is 0 Å². The highest BCUT2D eigenvalue weighted by Crippen LogP contribution is 2.34. The van der Waals surface area contributed by atoms with Crippen LogP contribution < -0.4 is 41.4 Å². The molecule has 5 rings (SSSR count). The Bertz CT molecular complexity index is 1990. The maximum Gasteiger partial charge on any atom is 0.255 e. The highest BCUT2D eigenvalue weighted by molar-refractivity contribution is 6.28. The van der Waals surface area contributed by atoms with E-state index in [1.165, 1.54) is 52.3 Å². The van der Waals surface area contributed by atoms with Crippen molar-refractivity contribution >= 4 is 57.9 Å². The summed E-state index contributed by atoms with van der Waals surface area (Å²) in [5, 5.41) is 16.2. The second-order valence-corrected chi connectivity index (χ2v) is 11.2. The molecule has 1 aliphatic carbocycles. The summed E-state index contributed by atoms with van der Waals surface area (Å²) in [6, 6.07) is 26.3. The molecule has 4 aromatic rings. The highest BCUT2D eigenvalue weighted by atomic mass is 16.5. The normalized spacial score (nSPS) is 12.5. The number of anilines is 4. The zero-order valence-electron chi connectivity index (χ0n) is 28.5. The van der Waals surface area contributed by atoms with Gasteiger partial charge in [-0.25, -0.2) is 0 Å². The summed E-state index contributed by atoms with van der Waals surface area (Å²) in [7, 11) is 2.74. The quantitative estimate of drug-likeness (QED) is 0.114. The van der Waals surface area contributed by atoms with E-state index in [2.05, 4.69) is 31.9 Å². The van der Waals surface area contributed by atoms with Crippen LogP contribution in [0.4, 0.5) is 22.7 Å². The number of ketones is 2. The Morgan fingerprint density at radius 1 is 0.481 bits per heavy atom. The third-order valence-electron chi connectivity index (χ3n) is 7.52. The lowest BCUT2D eigenvalue weighted by atomic mass is 9.97. The van der Waals surface area contributed by atoms with Gasteiger partial charge in [0.05, 0.1) is 25.6 Å². The first-order chi connectivity index (χ1) is 25.0. The van der Waals surface area contributed by atoms with E-state index in [0.29, 0.717) is 22.5 Å². The van der Waals surface area contributed by atoms with Gasteiger partial charge < -0.3 is 41.4 Å². The third kappa shape index (κ3) is 8.31. The van der Waals surface area contributed by atoms with Crippen LogP contribution in [0.15, 0.2) is 120 Å². The van der Waals surface area contributed by atoms with Crippen LogP contribution in [0.1, 0.15) is 34.6 Å². The molecule has 0 aromatic heterocycles. The molecule has 0 saturated heterocycles. The van der Waals surface area contributed by atoms with Gasteiger partial charge in [-0.2, -0.15) is 0 Å². The number of hydrogen-bond donors (Lipinski definition) is 6. The van der Waals surface area contributed by atoms with Crippen LogP contribution in [-0.2, 0) is 19.2 Å². The lowest BCUT2D eigenvalue weighted by Gasteiger charge is -2.26. The Balaban J connectivity index is 1.47. The maximum absolute atomic E-state index is 14.1. The number of Topliss-reactive ketones (excluding diaryl/α,β-unsaturated/α-hetero) is 2. The SMILES string of the molecule is COc1cc(NC(=O)c2ccccc2)ccc1NC1=C(NC(C)=O)C(=O)C(Nc2ccc(NC(=O)c3ccccc3)cc2OC)=C(NC(C)=O)C1=O. The number of methoxy groups -OCH3 is 2. The number of benzene rings is 4. The maximum atomic E-state index is 14.1. The zero-order chi connectivity index (χ0) is 37.4. The highest BCUT2D eigenvalue weighted by Gasteiger charge is 2.37. The Hall–Kier alpha value is -7.22. The van der Waals surface area contributed by atoms with Crippen molar-refractivity contribution in [3.05, 3.63) is 131 Å². The summed E-state index contributed by atoms with van der Waals surface area (Å²) in [6.45, 7) is 2.33. The van der Waals surface area contributed by atoms with Crippen molar-refractivity contribution in [1.29, 1.82) is 0 Å². The monoisotopic (exact) mass is 702 g/mol. The molecule has 6 N–H and O–H groups in total. The summed E-state index contributed by atoms with van der Waals surface area (Å²) in [5.74, 6) is -3.37. The number of carbonyl (C=O) groups excluding carboxylic acids is 6. The minimum absolute atomic E-state index is 0.180. The fourth-order valence-corrected chi connectivity index (χ4v) is 5.13. The predicted molar refractivity (Wildman–Crippen MR) is 194 cm³/mol. The molecule has 0 atom stereocenters. The number of amides is 4. The second kappa shape index (κ2) is 16.0. The van der Waals surface area contributed by atoms with Crippen LogP contribution in [-0.4, -0.2) is 49.4 Å². The molecule has 4 amide bonds. The van der Waals surface area contributed by atoms with Gasteiger partial charge in [0.25, 0.3) is 11.8 Å².